The summed E-state index contributed by atoms with van der Waals surface area (Å²) in [4.78, 5) is 11.0. The molecule has 2 N–H and O–H groups in total. The molecule has 90 valence electrons. The molecule has 1 atom stereocenters. The number of hydrogen-bond acceptors (Lipinski definition) is 3. The van der Waals surface area contributed by atoms with E-state index in [1.165, 1.54) is 0 Å². The minimum absolute atomic E-state index is 0.577. The van der Waals surface area contributed by atoms with Crippen molar-refractivity contribution in [2.75, 3.05) is 5.32 Å². The summed E-state index contributed by atoms with van der Waals surface area (Å²) in [5.74, 6) is -0.851. The Labute approximate surface area is 101 Å². The van der Waals surface area contributed by atoms with Crippen LogP contribution in [-0.2, 0) is 4.79 Å². The van der Waals surface area contributed by atoms with Crippen molar-refractivity contribution in [2.45, 2.75) is 32.7 Å². The summed E-state index contributed by atoms with van der Waals surface area (Å²) in [5.41, 5.74) is 2.23. The molecule has 4 nitrogen and oxygen atoms in total. The number of carboxylic acid groups (broad SMARTS) is 1. The number of hydrogen-bond donors (Lipinski definition) is 2. The van der Waals surface area contributed by atoms with Gasteiger partial charge in [-0.25, -0.2) is 4.79 Å². The Hall–Kier alpha value is -2.02. The summed E-state index contributed by atoms with van der Waals surface area (Å²) in [6.07, 6.45) is 1.38. The molecule has 0 aromatic heterocycles. The average molecular weight is 232 g/mol. The van der Waals surface area contributed by atoms with E-state index in [1.54, 1.807) is 18.2 Å². The number of anilines is 1. The average Bonchev–Trinajstić information content (AvgIpc) is 2.30. The number of nitrogens with one attached hydrogen (secondary N) is 1. The number of benzene rings is 1. The number of carboxylic acids is 1. The highest BCUT2D eigenvalue weighted by Crippen LogP contribution is 2.18. The first-order valence-electron chi connectivity index (χ1n) is 5.58. The minimum atomic E-state index is -0.851. The molecular formula is C13H16N2O2. The standard InChI is InChI=1S/C13H16N2O2/c1-3-4-12(13(16)17)15-11-6-5-10(8-14)7-9(11)2/h5-7,12,15H,3-4H2,1-2H3,(H,16,17). The molecule has 0 aliphatic rings. The summed E-state index contributed by atoms with van der Waals surface area (Å²) in [6, 6.07) is 6.65. The highest BCUT2D eigenvalue weighted by atomic mass is 16.4. The Balaban J connectivity index is 2.87. The predicted molar refractivity (Wildman–Crippen MR) is 65.8 cm³/mol. The van der Waals surface area contributed by atoms with Gasteiger partial charge in [0.05, 0.1) is 11.6 Å². The van der Waals surface area contributed by atoms with Crippen LogP contribution in [-0.4, -0.2) is 17.1 Å². The van der Waals surface area contributed by atoms with Gasteiger partial charge >= 0.3 is 5.97 Å². The molecule has 0 aliphatic carbocycles. The molecule has 0 fully saturated rings. The van der Waals surface area contributed by atoms with E-state index in [0.29, 0.717) is 12.0 Å². The molecule has 0 aliphatic heterocycles. The molecule has 0 bridgehead atoms. The molecule has 4 heteroatoms. The summed E-state index contributed by atoms with van der Waals surface area (Å²) >= 11 is 0. The molecular weight excluding hydrogens is 216 g/mol. The van der Waals surface area contributed by atoms with Crippen LogP contribution in [0.3, 0.4) is 0 Å². The van der Waals surface area contributed by atoms with Gasteiger partial charge in [0.1, 0.15) is 6.04 Å². The zero-order valence-electron chi connectivity index (χ0n) is 10.0. The second-order valence-electron chi connectivity index (χ2n) is 3.97. The fraction of sp³-hybridized carbons (Fsp3) is 0.385. The maximum atomic E-state index is 11.0. The molecule has 1 unspecified atom stereocenters. The van der Waals surface area contributed by atoms with E-state index >= 15 is 0 Å². The van der Waals surface area contributed by atoms with Crippen molar-refractivity contribution < 1.29 is 9.90 Å². The first kappa shape index (κ1) is 13.0. The van der Waals surface area contributed by atoms with Gasteiger partial charge in [-0.2, -0.15) is 5.26 Å². The fourth-order valence-corrected chi connectivity index (χ4v) is 1.63. The molecule has 1 aromatic rings. The number of nitrogens with zero attached hydrogens (tertiary/aromatic N) is 1. The van der Waals surface area contributed by atoms with Gasteiger partial charge in [-0.15, -0.1) is 0 Å². The lowest BCUT2D eigenvalue weighted by Gasteiger charge is -2.16. The monoisotopic (exact) mass is 232 g/mol. The van der Waals surface area contributed by atoms with Crippen molar-refractivity contribution in [3.63, 3.8) is 0 Å². The summed E-state index contributed by atoms with van der Waals surface area (Å²) in [7, 11) is 0. The second kappa shape index (κ2) is 5.90. The predicted octanol–water partition coefficient (Wildman–Crippen LogP) is 2.53. The first-order valence-corrected chi connectivity index (χ1v) is 5.58. The number of nitriles is 1. The van der Waals surface area contributed by atoms with Gasteiger partial charge in [0.15, 0.2) is 0 Å². The lowest BCUT2D eigenvalue weighted by Crippen LogP contribution is -2.29. The molecule has 17 heavy (non-hydrogen) atoms. The molecule has 0 radical (unpaired) electrons. The second-order valence-corrected chi connectivity index (χ2v) is 3.97. The van der Waals surface area contributed by atoms with Crippen molar-refractivity contribution >= 4 is 11.7 Å². The Morgan fingerprint density at radius 3 is 2.76 bits per heavy atom. The van der Waals surface area contributed by atoms with Crippen LogP contribution in [0, 0.1) is 18.3 Å². The van der Waals surface area contributed by atoms with Crippen LogP contribution in [0.25, 0.3) is 0 Å². The van der Waals surface area contributed by atoms with E-state index in [9.17, 15) is 4.79 Å². The van der Waals surface area contributed by atoms with E-state index in [2.05, 4.69) is 11.4 Å². The normalized spacial score (nSPS) is 11.6. The smallest absolute Gasteiger partial charge is 0.326 e. The van der Waals surface area contributed by atoms with Gasteiger partial charge in [0.2, 0.25) is 0 Å². The minimum Gasteiger partial charge on any atom is -0.480 e. The Morgan fingerprint density at radius 1 is 1.59 bits per heavy atom. The number of aliphatic carboxylic acids is 1. The van der Waals surface area contributed by atoms with Gasteiger partial charge in [0.25, 0.3) is 0 Å². The fourth-order valence-electron chi connectivity index (χ4n) is 1.63. The van der Waals surface area contributed by atoms with E-state index in [0.717, 1.165) is 17.7 Å². The maximum absolute atomic E-state index is 11.0. The quantitative estimate of drug-likeness (QED) is 0.818. The Morgan fingerprint density at radius 2 is 2.29 bits per heavy atom. The highest BCUT2D eigenvalue weighted by Gasteiger charge is 2.16. The van der Waals surface area contributed by atoms with Crippen LogP contribution in [0.5, 0.6) is 0 Å². The Kier molecular flexibility index (Phi) is 4.53. The lowest BCUT2D eigenvalue weighted by atomic mass is 10.1. The molecule has 0 saturated heterocycles. The zero-order chi connectivity index (χ0) is 12.8. The molecule has 0 saturated carbocycles. The van der Waals surface area contributed by atoms with E-state index in [4.69, 9.17) is 10.4 Å². The molecule has 0 spiro atoms. The van der Waals surface area contributed by atoms with Crippen LogP contribution in [0.4, 0.5) is 5.69 Å². The largest absolute Gasteiger partial charge is 0.480 e. The topological polar surface area (TPSA) is 73.1 Å². The van der Waals surface area contributed by atoms with E-state index in [-0.39, 0.29) is 0 Å². The molecule has 1 rings (SSSR count). The SMILES string of the molecule is CCCC(Nc1ccc(C#N)cc1C)C(=O)O. The number of aryl methyl sites for hydroxylation is 1. The highest BCUT2D eigenvalue weighted by molar-refractivity contribution is 5.77. The van der Waals surface area contributed by atoms with Gasteiger partial charge in [-0.3, -0.25) is 0 Å². The van der Waals surface area contributed by atoms with Gasteiger partial charge in [-0.1, -0.05) is 13.3 Å². The third kappa shape index (κ3) is 3.49. The number of carbonyl (C=O) groups is 1. The van der Waals surface area contributed by atoms with Gasteiger partial charge < -0.3 is 10.4 Å². The van der Waals surface area contributed by atoms with Crippen LogP contribution < -0.4 is 5.32 Å². The Bertz CT molecular complexity index is 449. The van der Waals surface area contributed by atoms with Crippen molar-refractivity contribution in [3.8, 4) is 6.07 Å². The van der Waals surface area contributed by atoms with Crippen molar-refractivity contribution in [2.24, 2.45) is 0 Å². The summed E-state index contributed by atoms with van der Waals surface area (Å²) in [5, 5.41) is 20.8. The maximum Gasteiger partial charge on any atom is 0.326 e. The number of rotatable bonds is 5. The van der Waals surface area contributed by atoms with Crippen molar-refractivity contribution in [1.82, 2.24) is 0 Å². The lowest BCUT2D eigenvalue weighted by molar-refractivity contribution is -0.138. The van der Waals surface area contributed by atoms with Crippen LogP contribution in [0.2, 0.25) is 0 Å². The summed E-state index contributed by atoms with van der Waals surface area (Å²) in [6.45, 7) is 3.80. The third-order valence-electron chi connectivity index (χ3n) is 2.56. The van der Waals surface area contributed by atoms with E-state index < -0.39 is 12.0 Å². The zero-order valence-corrected chi connectivity index (χ0v) is 10.0. The first-order chi connectivity index (χ1) is 8.08. The molecule has 1 aromatic carbocycles. The molecule has 0 amide bonds. The third-order valence-corrected chi connectivity index (χ3v) is 2.56. The van der Waals surface area contributed by atoms with Gasteiger partial charge in [0, 0.05) is 5.69 Å². The van der Waals surface area contributed by atoms with Crippen LogP contribution >= 0.6 is 0 Å². The summed E-state index contributed by atoms with van der Waals surface area (Å²) < 4.78 is 0. The van der Waals surface area contributed by atoms with Crippen LogP contribution in [0.1, 0.15) is 30.9 Å². The van der Waals surface area contributed by atoms with Crippen molar-refractivity contribution in [3.05, 3.63) is 29.3 Å². The van der Waals surface area contributed by atoms with Crippen molar-refractivity contribution in [1.29, 1.82) is 5.26 Å². The van der Waals surface area contributed by atoms with Gasteiger partial charge in [-0.05, 0) is 37.1 Å². The van der Waals surface area contributed by atoms with E-state index in [1.807, 2.05) is 13.8 Å². The molecule has 0 heterocycles. The van der Waals surface area contributed by atoms with Crippen LogP contribution in [0.15, 0.2) is 18.2 Å².